The van der Waals surface area contributed by atoms with Crippen molar-refractivity contribution in [3.05, 3.63) is 54.1 Å². The molecule has 2 aromatic rings. The Morgan fingerprint density at radius 1 is 1.04 bits per heavy atom. The van der Waals surface area contributed by atoms with Crippen LogP contribution in [0.15, 0.2) is 53.4 Å². The maximum Gasteiger partial charge on any atom is 0.573 e. The number of hydrogen-bond acceptors (Lipinski definition) is 4. The van der Waals surface area contributed by atoms with Crippen LogP contribution < -0.4 is 15.4 Å². The van der Waals surface area contributed by atoms with E-state index in [9.17, 15) is 26.4 Å². The summed E-state index contributed by atoms with van der Waals surface area (Å²) in [6.45, 7) is 0.128. The smallest absolute Gasteiger partial charge is 0.406 e. The van der Waals surface area contributed by atoms with E-state index < -0.39 is 28.2 Å². The number of ether oxygens (including phenoxy) is 1. The number of sulfonamides is 1. The Morgan fingerprint density at radius 2 is 1.61 bits per heavy atom. The summed E-state index contributed by atoms with van der Waals surface area (Å²) in [5.41, 5.74) is 0.946. The molecule has 0 atom stereocenters. The number of alkyl halides is 3. The summed E-state index contributed by atoms with van der Waals surface area (Å²) < 4.78 is 65.1. The van der Waals surface area contributed by atoms with E-state index >= 15 is 0 Å². The van der Waals surface area contributed by atoms with E-state index in [1.165, 1.54) is 38.4 Å². The van der Waals surface area contributed by atoms with Gasteiger partial charge in [0.15, 0.2) is 0 Å². The van der Waals surface area contributed by atoms with Gasteiger partial charge in [0, 0.05) is 26.3 Å². The van der Waals surface area contributed by atoms with Crippen molar-refractivity contribution in [1.82, 2.24) is 9.62 Å². The highest BCUT2D eigenvalue weighted by molar-refractivity contribution is 7.89. The van der Waals surface area contributed by atoms with Crippen LogP contribution in [-0.2, 0) is 16.6 Å². The number of anilines is 1. The molecule has 0 aromatic heterocycles. The normalized spacial score (nSPS) is 11.9. The standard InChI is InChI=1S/C17H18F3N3O4S/c1-23(2)28(25,26)15-9-3-12(4-10-15)11-21-16(24)22-13-5-7-14(8-6-13)27-17(18,19)20/h3-10H,11H2,1-2H3,(H2,21,22,24). The fourth-order valence-corrected chi connectivity index (χ4v) is 2.99. The van der Waals surface area contributed by atoms with Crippen molar-refractivity contribution in [2.45, 2.75) is 17.8 Å². The second kappa shape index (κ2) is 8.48. The predicted octanol–water partition coefficient (Wildman–Crippen LogP) is 3.16. The first-order chi connectivity index (χ1) is 13.0. The van der Waals surface area contributed by atoms with Gasteiger partial charge in [-0.15, -0.1) is 13.2 Å². The summed E-state index contributed by atoms with van der Waals surface area (Å²) >= 11 is 0. The van der Waals surface area contributed by atoms with Gasteiger partial charge >= 0.3 is 12.4 Å². The van der Waals surface area contributed by atoms with Crippen LogP contribution in [0.25, 0.3) is 0 Å². The highest BCUT2D eigenvalue weighted by atomic mass is 32.2. The third-order valence-electron chi connectivity index (χ3n) is 3.50. The number of halogens is 3. The third-order valence-corrected chi connectivity index (χ3v) is 5.33. The van der Waals surface area contributed by atoms with Gasteiger partial charge in [-0.2, -0.15) is 0 Å². The monoisotopic (exact) mass is 417 g/mol. The van der Waals surface area contributed by atoms with Crippen LogP contribution in [0.1, 0.15) is 5.56 Å². The average Bonchev–Trinajstić information content (AvgIpc) is 2.60. The number of benzene rings is 2. The molecule has 2 rings (SSSR count). The van der Waals surface area contributed by atoms with Gasteiger partial charge in [-0.1, -0.05) is 12.1 Å². The summed E-state index contributed by atoms with van der Waals surface area (Å²) in [5, 5.41) is 5.02. The Bertz CT molecular complexity index is 912. The zero-order chi connectivity index (χ0) is 20.9. The first-order valence-electron chi connectivity index (χ1n) is 7.89. The number of carbonyl (C=O) groups is 1. The molecule has 0 spiro atoms. The van der Waals surface area contributed by atoms with Gasteiger partial charge in [0.05, 0.1) is 4.90 Å². The van der Waals surface area contributed by atoms with Gasteiger partial charge in [0.25, 0.3) is 0 Å². The SMILES string of the molecule is CN(C)S(=O)(=O)c1ccc(CNC(=O)Nc2ccc(OC(F)(F)F)cc2)cc1. The summed E-state index contributed by atoms with van der Waals surface area (Å²) in [7, 11) is -0.673. The molecule has 0 radical (unpaired) electrons. The zero-order valence-corrected chi connectivity index (χ0v) is 15.8. The second-order valence-corrected chi connectivity index (χ2v) is 7.96. The second-order valence-electron chi connectivity index (χ2n) is 5.81. The molecule has 0 bridgehead atoms. The maximum absolute atomic E-state index is 12.1. The van der Waals surface area contributed by atoms with Gasteiger partial charge in [-0.05, 0) is 42.0 Å². The predicted molar refractivity (Wildman–Crippen MR) is 96.3 cm³/mol. The van der Waals surface area contributed by atoms with Crippen LogP contribution in [0, 0.1) is 0 Å². The molecular weight excluding hydrogens is 399 g/mol. The number of rotatable bonds is 6. The van der Waals surface area contributed by atoms with E-state index in [1.807, 2.05) is 0 Å². The van der Waals surface area contributed by atoms with Crippen molar-refractivity contribution >= 4 is 21.7 Å². The Morgan fingerprint density at radius 3 is 2.11 bits per heavy atom. The van der Waals surface area contributed by atoms with E-state index in [-0.39, 0.29) is 17.1 Å². The molecule has 2 aromatic carbocycles. The van der Waals surface area contributed by atoms with E-state index in [0.717, 1.165) is 16.4 Å². The maximum atomic E-state index is 12.1. The Hall–Kier alpha value is -2.79. The van der Waals surface area contributed by atoms with Gasteiger partial charge in [0.1, 0.15) is 5.75 Å². The van der Waals surface area contributed by atoms with Crippen molar-refractivity contribution in [3.63, 3.8) is 0 Å². The van der Waals surface area contributed by atoms with Gasteiger partial charge in [-0.3, -0.25) is 0 Å². The third kappa shape index (κ3) is 6.13. The molecule has 2 N–H and O–H groups in total. The number of nitrogens with one attached hydrogen (secondary N) is 2. The van der Waals surface area contributed by atoms with Crippen molar-refractivity contribution in [2.75, 3.05) is 19.4 Å². The molecule has 7 nitrogen and oxygen atoms in total. The number of hydrogen-bond donors (Lipinski definition) is 2. The number of amides is 2. The quantitative estimate of drug-likeness (QED) is 0.756. The molecular formula is C17H18F3N3O4S. The highest BCUT2D eigenvalue weighted by Gasteiger charge is 2.30. The van der Waals surface area contributed by atoms with Crippen molar-refractivity contribution in [3.8, 4) is 5.75 Å². The van der Waals surface area contributed by atoms with Crippen LogP contribution in [0.2, 0.25) is 0 Å². The summed E-state index contributed by atoms with van der Waals surface area (Å²) in [5.74, 6) is -0.397. The minimum absolute atomic E-state index is 0.128. The van der Waals surface area contributed by atoms with Crippen molar-refractivity contribution < 1.29 is 31.1 Å². The molecule has 0 aliphatic rings. The average molecular weight is 417 g/mol. The van der Waals surface area contributed by atoms with E-state index in [2.05, 4.69) is 15.4 Å². The molecule has 0 saturated carbocycles. The van der Waals surface area contributed by atoms with Gasteiger partial charge in [0.2, 0.25) is 10.0 Å². The zero-order valence-electron chi connectivity index (χ0n) is 14.9. The molecule has 0 fully saturated rings. The van der Waals surface area contributed by atoms with Crippen LogP contribution in [-0.4, -0.2) is 39.2 Å². The summed E-state index contributed by atoms with van der Waals surface area (Å²) in [4.78, 5) is 12.0. The van der Waals surface area contributed by atoms with Gasteiger partial charge < -0.3 is 15.4 Å². The van der Waals surface area contributed by atoms with Crippen molar-refractivity contribution in [2.24, 2.45) is 0 Å². The molecule has 11 heteroatoms. The molecule has 0 aliphatic carbocycles. The molecule has 152 valence electrons. The number of carbonyl (C=O) groups excluding carboxylic acids is 1. The van der Waals surface area contributed by atoms with E-state index in [4.69, 9.17) is 0 Å². The Labute approximate surface area is 160 Å². The van der Waals surface area contributed by atoms with Crippen molar-refractivity contribution in [1.29, 1.82) is 0 Å². The first-order valence-corrected chi connectivity index (χ1v) is 9.33. The molecule has 0 unspecified atom stereocenters. The fraction of sp³-hybridized carbons (Fsp3) is 0.235. The Kier molecular flexibility index (Phi) is 6.52. The van der Waals surface area contributed by atoms with Crippen LogP contribution >= 0.6 is 0 Å². The lowest BCUT2D eigenvalue weighted by Crippen LogP contribution is -2.28. The van der Waals surface area contributed by atoms with E-state index in [0.29, 0.717) is 5.56 Å². The lowest BCUT2D eigenvalue weighted by Gasteiger charge is -2.12. The summed E-state index contributed by atoms with van der Waals surface area (Å²) in [6.07, 6.45) is -4.78. The van der Waals surface area contributed by atoms with Crippen LogP contribution in [0.5, 0.6) is 5.75 Å². The molecule has 0 saturated heterocycles. The fourth-order valence-electron chi connectivity index (χ4n) is 2.09. The topological polar surface area (TPSA) is 87.7 Å². The first kappa shape index (κ1) is 21.5. The number of urea groups is 1. The number of nitrogens with zero attached hydrogens (tertiary/aromatic N) is 1. The lowest BCUT2D eigenvalue weighted by molar-refractivity contribution is -0.274. The highest BCUT2D eigenvalue weighted by Crippen LogP contribution is 2.23. The minimum atomic E-state index is -4.78. The van der Waals surface area contributed by atoms with Crippen LogP contribution in [0.3, 0.4) is 0 Å². The molecule has 0 heterocycles. The lowest BCUT2D eigenvalue weighted by atomic mass is 10.2. The minimum Gasteiger partial charge on any atom is -0.406 e. The summed E-state index contributed by atoms with van der Waals surface area (Å²) in [6, 6.07) is 10.1. The van der Waals surface area contributed by atoms with E-state index in [1.54, 1.807) is 12.1 Å². The van der Waals surface area contributed by atoms with Gasteiger partial charge in [-0.25, -0.2) is 17.5 Å². The molecule has 2 amide bonds. The van der Waals surface area contributed by atoms with Crippen LogP contribution in [0.4, 0.5) is 23.7 Å². The molecule has 28 heavy (non-hydrogen) atoms. The molecule has 0 aliphatic heterocycles. The Balaban J connectivity index is 1.89. The largest absolute Gasteiger partial charge is 0.573 e.